The highest BCUT2D eigenvalue weighted by molar-refractivity contribution is 5.97. The van der Waals surface area contributed by atoms with Crippen LogP contribution in [0.25, 0.3) is 0 Å². The van der Waals surface area contributed by atoms with E-state index in [1.807, 2.05) is 24.3 Å². The van der Waals surface area contributed by atoms with E-state index >= 15 is 0 Å². The summed E-state index contributed by atoms with van der Waals surface area (Å²) in [6, 6.07) is 7.55. The fraction of sp³-hybridized carbons (Fsp3) is 0.273. The Labute approximate surface area is 87.0 Å². The van der Waals surface area contributed by atoms with Gasteiger partial charge in [0, 0.05) is 5.92 Å². The summed E-state index contributed by atoms with van der Waals surface area (Å²) < 4.78 is 5.32. The molecule has 0 bridgehead atoms. The van der Waals surface area contributed by atoms with Gasteiger partial charge in [-0.15, -0.1) is 0 Å². The maximum Gasteiger partial charge on any atom is 0.325 e. The van der Waals surface area contributed by atoms with E-state index in [4.69, 9.17) is 4.74 Å². The van der Waals surface area contributed by atoms with E-state index in [1.54, 1.807) is 0 Å². The molecule has 0 aromatic heterocycles. The number of rotatable bonds is 1. The van der Waals surface area contributed by atoms with Gasteiger partial charge in [-0.25, -0.2) is 0 Å². The fourth-order valence-electron chi connectivity index (χ4n) is 1.42. The van der Waals surface area contributed by atoms with Crippen molar-refractivity contribution < 1.29 is 9.53 Å². The number of fused-ring (bicyclic) bond motifs is 1. The minimum Gasteiger partial charge on any atom is -0.422 e. The molecule has 1 saturated carbocycles. The first-order valence-electron chi connectivity index (χ1n) is 4.94. The Hall–Kier alpha value is -1.84. The van der Waals surface area contributed by atoms with Crippen molar-refractivity contribution in [2.24, 2.45) is 10.9 Å². The molecule has 0 spiro atoms. The number of aliphatic imine (C=N–C) groups is 1. The predicted octanol–water partition coefficient (Wildman–Crippen LogP) is 1.61. The van der Waals surface area contributed by atoms with Crippen molar-refractivity contribution in [1.82, 2.24) is 5.32 Å². The van der Waals surface area contributed by atoms with Crippen molar-refractivity contribution in [2.45, 2.75) is 12.8 Å². The Morgan fingerprint density at radius 3 is 2.93 bits per heavy atom. The van der Waals surface area contributed by atoms with Crippen LogP contribution in [0.4, 0.5) is 5.69 Å². The standard InChI is InChI=1S/C11H9N2O2/c14-10(7-5-6-7)13-11-12-8-3-1-2-4-9(8)15-11/h1-4,7H,5-6H2. The van der Waals surface area contributed by atoms with E-state index in [9.17, 15) is 4.79 Å². The zero-order valence-electron chi connectivity index (χ0n) is 8.01. The van der Waals surface area contributed by atoms with Crippen LogP contribution >= 0.6 is 0 Å². The second-order valence-electron chi connectivity index (χ2n) is 3.69. The smallest absolute Gasteiger partial charge is 0.325 e. The number of ether oxygens (including phenoxy) is 1. The minimum absolute atomic E-state index is 0.110. The van der Waals surface area contributed by atoms with Gasteiger partial charge in [-0.05, 0) is 25.0 Å². The normalized spacial score (nSPS) is 20.7. The number of amides is 1. The summed E-state index contributed by atoms with van der Waals surface area (Å²) in [5, 5.41) is 4.11. The molecule has 1 aromatic carbocycles. The maximum atomic E-state index is 11.4. The van der Waals surface area contributed by atoms with Crippen LogP contribution < -0.4 is 10.1 Å². The summed E-state index contributed by atoms with van der Waals surface area (Å²) in [4.78, 5) is 15.2. The van der Waals surface area contributed by atoms with Crippen molar-refractivity contribution in [2.75, 3.05) is 0 Å². The van der Waals surface area contributed by atoms with Crippen molar-refractivity contribution in [3.8, 4) is 5.75 Å². The van der Waals surface area contributed by atoms with Crippen LogP contribution in [-0.2, 0) is 4.79 Å². The van der Waals surface area contributed by atoms with Gasteiger partial charge in [0.15, 0.2) is 5.75 Å². The van der Waals surface area contributed by atoms with Crippen molar-refractivity contribution in [3.63, 3.8) is 0 Å². The van der Waals surface area contributed by atoms with Gasteiger partial charge in [0.05, 0.1) is 0 Å². The van der Waals surface area contributed by atoms with Crippen molar-refractivity contribution >= 4 is 17.6 Å². The summed E-state index contributed by atoms with van der Waals surface area (Å²) in [5.41, 5.74) is 0.736. The van der Waals surface area contributed by atoms with Crippen LogP contribution in [0.15, 0.2) is 29.3 Å². The highest BCUT2D eigenvalue weighted by Crippen LogP contribution is 2.32. The maximum absolute atomic E-state index is 11.4. The molecule has 0 atom stereocenters. The molecule has 4 nitrogen and oxygen atoms in total. The number of benzene rings is 1. The molecular formula is C11H9N2O2. The molecule has 0 unspecified atom stereocenters. The molecule has 0 saturated heterocycles. The number of carbonyl (C=O) groups is 1. The topological polar surface area (TPSA) is 52.8 Å². The first-order valence-corrected chi connectivity index (χ1v) is 4.94. The first-order chi connectivity index (χ1) is 7.33. The molecule has 1 aliphatic carbocycles. The Kier molecular flexibility index (Phi) is 1.74. The SMILES string of the molecule is O=C(N=C1[N]c2ccccc2O1)C1CC1. The van der Waals surface area contributed by atoms with Gasteiger partial charge in [0.1, 0.15) is 5.69 Å². The largest absolute Gasteiger partial charge is 0.422 e. The summed E-state index contributed by atoms with van der Waals surface area (Å²) in [7, 11) is 0. The third-order valence-corrected chi connectivity index (χ3v) is 2.42. The molecule has 4 heteroatoms. The summed E-state index contributed by atoms with van der Waals surface area (Å²) >= 11 is 0. The second kappa shape index (κ2) is 3.08. The summed E-state index contributed by atoms with van der Waals surface area (Å²) in [6.07, 6.45) is 1.89. The number of hydrogen-bond acceptors (Lipinski definition) is 2. The lowest BCUT2D eigenvalue weighted by molar-refractivity contribution is -0.119. The lowest BCUT2D eigenvalue weighted by Gasteiger charge is -1.93. The number of hydrogen-bond donors (Lipinski definition) is 0. The van der Waals surface area contributed by atoms with Gasteiger partial charge in [0.2, 0.25) is 0 Å². The van der Waals surface area contributed by atoms with Crippen LogP contribution in [0.1, 0.15) is 12.8 Å². The Morgan fingerprint density at radius 2 is 2.20 bits per heavy atom. The van der Waals surface area contributed by atoms with E-state index in [0.29, 0.717) is 5.75 Å². The first kappa shape index (κ1) is 8.47. The molecule has 75 valence electrons. The second-order valence-corrected chi connectivity index (χ2v) is 3.69. The van der Waals surface area contributed by atoms with Crippen LogP contribution in [-0.4, -0.2) is 11.9 Å². The molecule has 3 rings (SSSR count). The number of carbonyl (C=O) groups excluding carboxylic acids is 1. The van der Waals surface area contributed by atoms with E-state index in [1.165, 1.54) is 0 Å². The monoisotopic (exact) mass is 201 g/mol. The average Bonchev–Trinajstić information content (AvgIpc) is 2.99. The molecule has 0 N–H and O–H groups in total. The third kappa shape index (κ3) is 1.58. The molecule has 2 aliphatic rings. The molecule has 1 aliphatic heterocycles. The fourth-order valence-corrected chi connectivity index (χ4v) is 1.42. The minimum atomic E-state index is -0.110. The van der Waals surface area contributed by atoms with Gasteiger partial charge in [-0.3, -0.25) is 4.79 Å². The lowest BCUT2D eigenvalue weighted by Crippen LogP contribution is -2.14. The summed E-state index contributed by atoms with van der Waals surface area (Å²) in [5.74, 6) is 0.668. The zero-order valence-corrected chi connectivity index (χ0v) is 8.01. The van der Waals surface area contributed by atoms with Gasteiger partial charge < -0.3 is 4.74 Å². The van der Waals surface area contributed by atoms with E-state index in [2.05, 4.69) is 10.3 Å². The Bertz CT molecular complexity index is 423. The van der Waals surface area contributed by atoms with Gasteiger partial charge in [-0.2, -0.15) is 10.3 Å². The van der Waals surface area contributed by atoms with Gasteiger partial charge in [-0.1, -0.05) is 12.1 Å². The molecule has 1 amide bonds. The number of amidine groups is 1. The molecule has 15 heavy (non-hydrogen) atoms. The third-order valence-electron chi connectivity index (χ3n) is 2.42. The molecule has 1 heterocycles. The van der Waals surface area contributed by atoms with Crippen molar-refractivity contribution in [3.05, 3.63) is 24.3 Å². The Balaban J connectivity index is 1.80. The van der Waals surface area contributed by atoms with Crippen LogP contribution in [0.2, 0.25) is 0 Å². The highest BCUT2D eigenvalue weighted by atomic mass is 16.5. The van der Waals surface area contributed by atoms with Gasteiger partial charge >= 0.3 is 6.02 Å². The molecule has 1 radical (unpaired) electrons. The average molecular weight is 201 g/mol. The Morgan fingerprint density at radius 1 is 1.40 bits per heavy atom. The zero-order chi connectivity index (χ0) is 10.3. The van der Waals surface area contributed by atoms with Crippen LogP contribution in [0.3, 0.4) is 0 Å². The number of nitrogens with zero attached hydrogens (tertiary/aromatic N) is 2. The van der Waals surface area contributed by atoms with E-state index < -0.39 is 0 Å². The highest BCUT2D eigenvalue weighted by Gasteiger charge is 2.31. The van der Waals surface area contributed by atoms with Crippen LogP contribution in [0, 0.1) is 5.92 Å². The molecule has 1 aromatic rings. The molecule has 1 fully saturated rings. The van der Waals surface area contributed by atoms with Gasteiger partial charge in [0.25, 0.3) is 5.91 Å². The van der Waals surface area contributed by atoms with E-state index in [0.717, 1.165) is 18.5 Å². The quantitative estimate of drug-likeness (QED) is 0.693. The van der Waals surface area contributed by atoms with Crippen molar-refractivity contribution in [1.29, 1.82) is 0 Å². The lowest BCUT2D eigenvalue weighted by atomic mass is 10.3. The number of para-hydroxylation sites is 2. The summed E-state index contributed by atoms with van der Waals surface area (Å²) in [6.45, 7) is 0. The van der Waals surface area contributed by atoms with Crippen LogP contribution in [0.5, 0.6) is 5.75 Å². The predicted molar refractivity (Wildman–Crippen MR) is 54.0 cm³/mol. The molecular weight excluding hydrogens is 192 g/mol. The van der Waals surface area contributed by atoms with E-state index in [-0.39, 0.29) is 17.8 Å².